The molecule has 182 valence electrons. The highest BCUT2D eigenvalue weighted by Crippen LogP contribution is 2.21. The Morgan fingerprint density at radius 2 is 1.84 bits per heavy atom. The number of para-hydroxylation sites is 1. The molecule has 1 aromatic carbocycles. The number of carbonyl (C=O) groups excluding carboxylic acids is 1. The van der Waals surface area contributed by atoms with Gasteiger partial charge in [0.1, 0.15) is 12.4 Å². The van der Waals surface area contributed by atoms with Gasteiger partial charge in [-0.1, -0.05) is 32.0 Å². The van der Waals surface area contributed by atoms with Crippen molar-refractivity contribution in [2.24, 2.45) is 10.9 Å². The number of benzene rings is 1. The summed E-state index contributed by atoms with van der Waals surface area (Å²) >= 11 is 0. The van der Waals surface area contributed by atoms with Crippen molar-refractivity contribution in [1.82, 2.24) is 15.1 Å². The molecular weight excluding hydrogens is 519 g/mol. The van der Waals surface area contributed by atoms with Crippen molar-refractivity contribution in [2.45, 2.75) is 47.1 Å². The largest absolute Gasteiger partial charge is 0.492 e. The second-order valence-corrected chi connectivity index (χ2v) is 7.67. The van der Waals surface area contributed by atoms with E-state index in [0.29, 0.717) is 19.8 Å². The van der Waals surface area contributed by atoms with Gasteiger partial charge in [-0.2, -0.15) is 0 Å². The minimum Gasteiger partial charge on any atom is -0.492 e. The Balaban J connectivity index is 0.00000512. The number of halogens is 1. The number of piperidine rings is 1. The van der Waals surface area contributed by atoms with E-state index < -0.39 is 0 Å². The lowest BCUT2D eigenvalue weighted by atomic mass is 9.97. The van der Waals surface area contributed by atoms with Crippen LogP contribution in [0.15, 0.2) is 29.3 Å². The first-order valence-corrected chi connectivity index (χ1v) is 11.8. The number of esters is 1. The summed E-state index contributed by atoms with van der Waals surface area (Å²) in [6, 6.07) is 8.13. The van der Waals surface area contributed by atoms with E-state index in [4.69, 9.17) is 14.5 Å². The molecule has 7 nitrogen and oxygen atoms in total. The van der Waals surface area contributed by atoms with Gasteiger partial charge in [0.2, 0.25) is 0 Å². The van der Waals surface area contributed by atoms with Gasteiger partial charge < -0.3 is 24.6 Å². The molecular formula is C24H41IN4O3. The van der Waals surface area contributed by atoms with Crippen LogP contribution in [0.25, 0.3) is 0 Å². The summed E-state index contributed by atoms with van der Waals surface area (Å²) in [5, 5.41) is 3.40. The molecule has 0 aliphatic carbocycles. The summed E-state index contributed by atoms with van der Waals surface area (Å²) in [6.45, 7) is 15.3. The summed E-state index contributed by atoms with van der Waals surface area (Å²) in [5.74, 6) is 1.72. The fourth-order valence-corrected chi connectivity index (χ4v) is 3.77. The maximum atomic E-state index is 12.0. The van der Waals surface area contributed by atoms with E-state index in [1.54, 1.807) is 0 Å². The smallest absolute Gasteiger partial charge is 0.309 e. The molecule has 0 bridgehead atoms. The van der Waals surface area contributed by atoms with Crippen molar-refractivity contribution in [1.29, 1.82) is 0 Å². The molecule has 0 unspecified atom stereocenters. The second-order valence-electron chi connectivity index (χ2n) is 7.67. The maximum absolute atomic E-state index is 12.0. The number of carbonyl (C=O) groups is 1. The predicted molar refractivity (Wildman–Crippen MR) is 141 cm³/mol. The molecule has 0 atom stereocenters. The molecule has 1 heterocycles. The van der Waals surface area contributed by atoms with Gasteiger partial charge in [0.25, 0.3) is 0 Å². The Hall–Kier alpha value is -1.55. The number of ether oxygens (including phenoxy) is 2. The topological polar surface area (TPSA) is 66.4 Å². The van der Waals surface area contributed by atoms with Gasteiger partial charge in [-0.25, -0.2) is 4.99 Å². The number of likely N-dealkylation sites (N-methyl/N-ethyl adjacent to an activating group) is 1. The second kappa shape index (κ2) is 16.1. The van der Waals surface area contributed by atoms with Crippen LogP contribution in [0.1, 0.15) is 46.1 Å². The number of hydrogen-bond acceptors (Lipinski definition) is 5. The van der Waals surface area contributed by atoms with Crippen molar-refractivity contribution < 1.29 is 14.3 Å². The van der Waals surface area contributed by atoms with E-state index in [9.17, 15) is 4.79 Å². The van der Waals surface area contributed by atoms with E-state index in [1.165, 1.54) is 0 Å². The number of nitrogens with zero attached hydrogens (tertiary/aromatic N) is 3. The average molecular weight is 561 g/mol. The van der Waals surface area contributed by atoms with Crippen molar-refractivity contribution in [2.75, 3.05) is 52.5 Å². The fraction of sp³-hybridized carbons (Fsp3) is 0.667. The molecule has 0 aromatic heterocycles. The van der Waals surface area contributed by atoms with Gasteiger partial charge in [-0.15, -0.1) is 24.0 Å². The van der Waals surface area contributed by atoms with Crippen molar-refractivity contribution in [3.05, 3.63) is 29.8 Å². The number of nitrogens with one attached hydrogen (secondary N) is 1. The van der Waals surface area contributed by atoms with Gasteiger partial charge in [0.05, 0.1) is 19.1 Å². The minimum absolute atomic E-state index is 0. The Labute approximate surface area is 210 Å². The Morgan fingerprint density at radius 3 is 2.47 bits per heavy atom. The molecule has 2 rings (SSSR count). The summed E-state index contributed by atoms with van der Waals surface area (Å²) in [5.41, 5.74) is 1.08. The minimum atomic E-state index is -0.0696. The van der Waals surface area contributed by atoms with Crippen LogP contribution in [-0.2, 0) is 16.1 Å². The maximum Gasteiger partial charge on any atom is 0.309 e. The molecule has 0 saturated carbocycles. The Bertz CT molecular complexity index is 690. The zero-order valence-corrected chi connectivity index (χ0v) is 22.5. The summed E-state index contributed by atoms with van der Waals surface area (Å²) in [7, 11) is 0. The predicted octanol–water partition coefficient (Wildman–Crippen LogP) is 3.77. The molecule has 1 saturated heterocycles. The molecule has 1 aliphatic heterocycles. The number of likely N-dealkylation sites (tertiary alicyclic amines) is 1. The lowest BCUT2D eigenvalue weighted by Gasteiger charge is -2.33. The van der Waals surface area contributed by atoms with Gasteiger partial charge in [0.15, 0.2) is 5.96 Å². The van der Waals surface area contributed by atoms with Crippen molar-refractivity contribution in [3.63, 3.8) is 0 Å². The standard InChI is InChI=1S/C24H40N4O3.HI/c1-5-25-24(28-15-13-20(14-16-28)23(29)30-8-4)26-19-21-11-9-10-12-22(21)31-18-17-27(6-2)7-3;/h9-12,20H,5-8,13-19H2,1-4H3,(H,25,26);1H. The summed E-state index contributed by atoms with van der Waals surface area (Å²) < 4.78 is 11.3. The molecule has 8 heteroatoms. The van der Waals surface area contributed by atoms with E-state index in [1.807, 2.05) is 25.1 Å². The van der Waals surface area contributed by atoms with Gasteiger partial charge >= 0.3 is 5.97 Å². The first kappa shape index (κ1) is 28.5. The number of rotatable bonds is 11. The third-order valence-electron chi connectivity index (χ3n) is 5.68. The number of guanidine groups is 1. The van der Waals surface area contributed by atoms with Crippen LogP contribution in [0.4, 0.5) is 0 Å². The van der Waals surface area contributed by atoms with Gasteiger partial charge in [0, 0.05) is 31.7 Å². The quantitative estimate of drug-likeness (QED) is 0.193. The Morgan fingerprint density at radius 1 is 1.16 bits per heavy atom. The first-order chi connectivity index (χ1) is 15.1. The molecule has 0 amide bonds. The molecule has 0 radical (unpaired) electrons. The Kier molecular flexibility index (Phi) is 14.4. The monoisotopic (exact) mass is 560 g/mol. The number of hydrogen-bond donors (Lipinski definition) is 1. The van der Waals surface area contributed by atoms with Crippen LogP contribution >= 0.6 is 24.0 Å². The van der Waals surface area contributed by atoms with Crippen LogP contribution in [-0.4, -0.2) is 74.2 Å². The highest BCUT2D eigenvalue weighted by molar-refractivity contribution is 14.0. The van der Waals surface area contributed by atoms with E-state index in [0.717, 1.165) is 69.4 Å². The molecule has 32 heavy (non-hydrogen) atoms. The van der Waals surface area contributed by atoms with Crippen LogP contribution in [0.3, 0.4) is 0 Å². The van der Waals surface area contributed by atoms with Crippen LogP contribution in [0, 0.1) is 5.92 Å². The zero-order valence-electron chi connectivity index (χ0n) is 20.1. The molecule has 1 aliphatic rings. The normalized spacial score (nSPS) is 14.8. The lowest BCUT2D eigenvalue weighted by Crippen LogP contribution is -2.46. The molecule has 1 N–H and O–H groups in total. The number of aliphatic imine (C=N–C) groups is 1. The van der Waals surface area contributed by atoms with Gasteiger partial charge in [-0.05, 0) is 45.8 Å². The lowest BCUT2D eigenvalue weighted by molar-refractivity contribution is -0.149. The highest BCUT2D eigenvalue weighted by Gasteiger charge is 2.27. The van der Waals surface area contributed by atoms with Crippen LogP contribution in [0.5, 0.6) is 5.75 Å². The molecule has 1 aromatic rings. The van der Waals surface area contributed by atoms with E-state index in [-0.39, 0.29) is 35.9 Å². The van der Waals surface area contributed by atoms with E-state index >= 15 is 0 Å². The summed E-state index contributed by atoms with van der Waals surface area (Å²) in [6.07, 6.45) is 1.60. The highest BCUT2D eigenvalue weighted by atomic mass is 127. The first-order valence-electron chi connectivity index (χ1n) is 11.8. The van der Waals surface area contributed by atoms with E-state index in [2.05, 4.69) is 42.0 Å². The average Bonchev–Trinajstić information content (AvgIpc) is 2.80. The van der Waals surface area contributed by atoms with Crippen LogP contribution < -0.4 is 10.1 Å². The SMILES string of the molecule is CCNC(=NCc1ccccc1OCCN(CC)CC)N1CCC(C(=O)OCC)CC1.I. The summed E-state index contributed by atoms with van der Waals surface area (Å²) in [4.78, 5) is 21.5. The van der Waals surface area contributed by atoms with Crippen LogP contribution in [0.2, 0.25) is 0 Å². The van der Waals surface area contributed by atoms with Crippen molar-refractivity contribution in [3.8, 4) is 5.75 Å². The van der Waals surface area contributed by atoms with Gasteiger partial charge in [-0.3, -0.25) is 4.79 Å². The van der Waals surface area contributed by atoms with Crippen molar-refractivity contribution >= 4 is 35.9 Å². The third-order valence-corrected chi connectivity index (χ3v) is 5.68. The molecule has 0 spiro atoms. The molecule has 1 fully saturated rings. The fourth-order valence-electron chi connectivity index (χ4n) is 3.77. The third kappa shape index (κ3) is 9.13. The zero-order chi connectivity index (χ0) is 22.5.